The molecule has 9 nitrogen and oxygen atoms in total. The lowest BCUT2D eigenvalue weighted by Gasteiger charge is -2.13. The summed E-state index contributed by atoms with van der Waals surface area (Å²) in [6.07, 6.45) is 3.11. The number of methoxy groups -OCH3 is 1. The van der Waals surface area contributed by atoms with Crippen LogP contribution in [0.4, 0.5) is 0 Å². The number of fused-ring (bicyclic) bond motifs is 1. The Kier molecular flexibility index (Phi) is 7.89. The fourth-order valence-electron chi connectivity index (χ4n) is 4.01. The van der Waals surface area contributed by atoms with Crippen molar-refractivity contribution in [2.75, 3.05) is 20.3 Å². The highest BCUT2D eigenvalue weighted by Gasteiger charge is 2.20. The molecule has 4 aromatic rings. The molecule has 0 bridgehead atoms. The summed E-state index contributed by atoms with van der Waals surface area (Å²) in [4.78, 5) is 43.7. The number of carbonyl (C=O) groups excluding carboxylic acids is 1. The fourth-order valence-corrected chi connectivity index (χ4v) is 4.01. The Labute approximate surface area is 202 Å². The third kappa shape index (κ3) is 5.75. The van der Waals surface area contributed by atoms with E-state index in [4.69, 9.17) is 4.74 Å². The summed E-state index contributed by atoms with van der Waals surface area (Å²) in [7, 11) is 1.57. The zero-order valence-corrected chi connectivity index (χ0v) is 19.7. The van der Waals surface area contributed by atoms with Crippen LogP contribution >= 0.6 is 0 Å². The lowest BCUT2D eigenvalue weighted by atomic mass is 10.1. The maximum absolute atomic E-state index is 13.4. The molecular weight excluding hydrogens is 446 g/mol. The molecular formula is C26H29N5O4. The summed E-state index contributed by atoms with van der Waals surface area (Å²) in [5.74, 6) is -0.383. The molecule has 4 rings (SSSR count). The van der Waals surface area contributed by atoms with Crippen LogP contribution in [0.25, 0.3) is 11.2 Å². The van der Waals surface area contributed by atoms with Crippen molar-refractivity contribution in [2.45, 2.75) is 32.5 Å². The van der Waals surface area contributed by atoms with E-state index >= 15 is 0 Å². The highest BCUT2D eigenvalue weighted by molar-refractivity contribution is 5.76. The van der Waals surface area contributed by atoms with Crippen molar-refractivity contribution in [3.63, 3.8) is 0 Å². The molecule has 0 aliphatic heterocycles. The summed E-state index contributed by atoms with van der Waals surface area (Å²) >= 11 is 0. The van der Waals surface area contributed by atoms with E-state index in [1.807, 2.05) is 60.7 Å². The third-order valence-electron chi connectivity index (χ3n) is 5.81. The monoisotopic (exact) mass is 475 g/mol. The number of rotatable bonds is 11. The van der Waals surface area contributed by atoms with Gasteiger partial charge in [0.05, 0.1) is 19.5 Å². The Bertz CT molecular complexity index is 1390. The van der Waals surface area contributed by atoms with Crippen LogP contribution in [0.3, 0.4) is 0 Å². The van der Waals surface area contributed by atoms with Crippen molar-refractivity contribution < 1.29 is 9.53 Å². The van der Waals surface area contributed by atoms with Crippen LogP contribution in [0, 0.1) is 0 Å². The molecule has 0 spiro atoms. The van der Waals surface area contributed by atoms with Gasteiger partial charge in [0.15, 0.2) is 11.2 Å². The number of hydrogen-bond donors (Lipinski definition) is 1. The van der Waals surface area contributed by atoms with Crippen molar-refractivity contribution in [1.29, 1.82) is 0 Å². The summed E-state index contributed by atoms with van der Waals surface area (Å²) in [6, 6.07) is 19.5. The van der Waals surface area contributed by atoms with Gasteiger partial charge in [0, 0.05) is 20.2 Å². The van der Waals surface area contributed by atoms with Gasteiger partial charge in [-0.05, 0) is 24.0 Å². The third-order valence-corrected chi connectivity index (χ3v) is 5.81. The Hall–Kier alpha value is -3.98. The minimum absolute atomic E-state index is 0.233. The van der Waals surface area contributed by atoms with Gasteiger partial charge >= 0.3 is 5.69 Å². The first-order valence-electron chi connectivity index (χ1n) is 11.6. The number of aromatic nitrogens is 4. The highest BCUT2D eigenvalue weighted by Crippen LogP contribution is 2.10. The SMILES string of the molecule is COCCn1cnc2c1c(=O)n(CC(=O)NCCCc1ccccc1)c(=O)n2Cc1ccccc1. The number of carbonyl (C=O) groups is 1. The summed E-state index contributed by atoms with van der Waals surface area (Å²) in [6.45, 7) is 1.11. The van der Waals surface area contributed by atoms with Gasteiger partial charge in [-0.1, -0.05) is 60.7 Å². The highest BCUT2D eigenvalue weighted by atomic mass is 16.5. The molecule has 0 saturated heterocycles. The standard InChI is InChI=1S/C26H29N5O4/c1-35-16-15-29-19-28-24-23(29)25(33)31(26(34)30(24)17-21-11-6-3-7-12-21)18-22(32)27-14-8-13-20-9-4-2-5-10-20/h2-7,9-12,19H,8,13-18H2,1H3,(H,27,32). The summed E-state index contributed by atoms with van der Waals surface area (Å²) in [5.41, 5.74) is 1.54. The molecule has 0 aliphatic rings. The van der Waals surface area contributed by atoms with E-state index in [0.29, 0.717) is 25.3 Å². The normalized spacial score (nSPS) is 11.1. The number of nitrogens with one attached hydrogen (secondary N) is 1. The van der Waals surface area contributed by atoms with E-state index in [1.54, 1.807) is 11.7 Å². The van der Waals surface area contributed by atoms with E-state index < -0.39 is 11.2 Å². The van der Waals surface area contributed by atoms with Crippen molar-refractivity contribution >= 4 is 17.1 Å². The van der Waals surface area contributed by atoms with Crippen LogP contribution in [0.15, 0.2) is 76.6 Å². The van der Waals surface area contributed by atoms with Gasteiger partial charge in [-0.2, -0.15) is 0 Å². The predicted molar refractivity (Wildman–Crippen MR) is 133 cm³/mol. The maximum atomic E-state index is 13.4. The molecule has 0 saturated carbocycles. The smallest absolute Gasteiger partial charge is 0.333 e. The van der Waals surface area contributed by atoms with Gasteiger partial charge in [0.2, 0.25) is 5.91 Å². The van der Waals surface area contributed by atoms with Gasteiger partial charge in [-0.3, -0.25) is 14.2 Å². The first kappa shape index (κ1) is 24.2. The first-order valence-corrected chi connectivity index (χ1v) is 11.6. The second-order valence-electron chi connectivity index (χ2n) is 8.29. The van der Waals surface area contributed by atoms with E-state index in [-0.39, 0.29) is 24.5 Å². The molecule has 0 unspecified atom stereocenters. The lowest BCUT2D eigenvalue weighted by molar-refractivity contribution is -0.121. The molecule has 0 fully saturated rings. The second-order valence-corrected chi connectivity index (χ2v) is 8.29. The quantitative estimate of drug-likeness (QED) is 0.334. The number of nitrogens with zero attached hydrogens (tertiary/aromatic N) is 4. The zero-order valence-electron chi connectivity index (χ0n) is 19.7. The predicted octanol–water partition coefficient (Wildman–Crippen LogP) is 1.80. The van der Waals surface area contributed by atoms with Crippen LogP contribution in [-0.4, -0.2) is 44.9 Å². The molecule has 35 heavy (non-hydrogen) atoms. The van der Waals surface area contributed by atoms with Crippen molar-refractivity contribution in [1.82, 2.24) is 24.0 Å². The molecule has 182 valence electrons. The minimum Gasteiger partial charge on any atom is -0.383 e. The molecule has 9 heteroatoms. The summed E-state index contributed by atoms with van der Waals surface area (Å²) in [5, 5.41) is 2.83. The molecule has 2 aromatic carbocycles. The van der Waals surface area contributed by atoms with E-state index in [9.17, 15) is 14.4 Å². The van der Waals surface area contributed by atoms with Crippen LogP contribution < -0.4 is 16.6 Å². The molecule has 1 amide bonds. The Morgan fingerprint density at radius 2 is 1.66 bits per heavy atom. The fraction of sp³-hybridized carbons (Fsp3) is 0.308. The number of imidazole rings is 1. The second kappa shape index (κ2) is 11.4. The zero-order chi connectivity index (χ0) is 24.6. The van der Waals surface area contributed by atoms with Gasteiger partial charge in [0.1, 0.15) is 6.54 Å². The van der Waals surface area contributed by atoms with Gasteiger partial charge in [0.25, 0.3) is 5.56 Å². The van der Waals surface area contributed by atoms with Gasteiger partial charge < -0.3 is 14.6 Å². The van der Waals surface area contributed by atoms with Crippen LogP contribution in [-0.2, 0) is 35.6 Å². The van der Waals surface area contributed by atoms with E-state index in [0.717, 1.165) is 23.0 Å². The average molecular weight is 476 g/mol. The van der Waals surface area contributed by atoms with Crippen LogP contribution in [0.5, 0.6) is 0 Å². The number of amides is 1. The molecule has 1 N–H and O–H groups in total. The van der Waals surface area contributed by atoms with Crippen molar-refractivity contribution in [3.05, 3.63) is 99.0 Å². The Balaban J connectivity index is 1.58. The number of aryl methyl sites for hydroxylation is 1. The van der Waals surface area contributed by atoms with Crippen molar-refractivity contribution in [3.8, 4) is 0 Å². The summed E-state index contributed by atoms with van der Waals surface area (Å²) < 4.78 is 9.24. The topological polar surface area (TPSA) is 100 Å². The van der Waals surface area contributed by atoms with Gasteiger partial charge in [-0.15, -0.1) is 0 Å². The Morgan fingerprint density at radius 3 is 2.34 bits per heavy atom. The lowest BCUT2D eigenvalue weighted by Crippen LogP contribution is -2.44. The molecule has 2 aromatic heterocycles. The van der Waals surface area contributed by atoms with Crippen molar-refractivity contribution in [2.24, 2.45) is 0 Å². The van der Waals surface area contributed by atoms with Crippen LogP contribution in [0.1, 0.15) is 17.5 Å². The number of benzene rings is 2. The number of hydrogen-bond acceptors (Lipinski definition) is 5. The first-order chi connectivity index (χ1) is 17.1. The Morgan fingerprint density at radius 1 is 0.971 bits per heavy atom. The van der Waals surface area contributed by atoms with Gasteiger partial charge in [-0.25, -0.2) is 14.3 Å². The van der Waals surface area contributed by atoms with Crippen LogP contribution in [0.2, 0.25) is 0 Å². The van der Waals surface area contributed by atoms with E-state index in [2.05, 4.69) is 10.3 Å². The number of ether oxygens (including phenoxy) is 1. The molecule has 2 heterocycles. The molecule has 0 aliphatic carbocycles. The molecule has 0 atom stereocenters. The molecule has 0 radical (unpaired) electrons. The average Bonchev–Trinajstić information content (AvgIpc) is 3.31. The largest absolute Gasteiger partial charge is 0.383 e. The maximum Gasteiger partial charge on any atom is 0.333 e. The van der Waals surface area contributed by atoms with E-state index in [1.165, 1.54) is 16.5 Å². The minimum atomic E-state index is -0.567.